The number of ether oxygens (including phenoxy) is 1. The molecule has 0 radical (unpaired) electrons. The molecular weight excluding hydrogens is 428 g/mol. The molecule has 190 valence electrons. The van der Waals surface area contributed by atoms with Crippen LogP contribution >= 0.6 is 0 Å². The second-order valence-electron chi connectivity index (χ2n) is 10.1. The maximum absolute atomic E-state index is 13.2. The molecule has 0 aromatic rings. The van der Waals surface area contributed by atoms with Gasteiger partial charge in [0.15, 0.2) is 0 Å². The first-order chi connectivity index (χ1) is 15.4. The van der Waals surface area contributed by atoms with Crippen molar-refractivity contribution in [1.29, 1.82) is 0 Å². The lowest BCUT2D eigenvalue weighted by Gasteiger charge is -2.29. The lowest BCUT2D eigenvalue weighted by Crippen LogP contribution is -2.50. The van der Waals surface area contributed by atoms with Gasteiger partial charge in [0, 0.05) is 26.1 Å². The molecule has 4 N–H and O–H groups in total. The van der Waals surface area contributed by atoms with Gasteiger partial charge in [0.05, 0.1) is 5.92 Å². The number of nitrogens with zero attached hydrogens (tertiary/aromatic N) is 1. The van der Waals surface area contributed by atoms with Crippen molar-refractivity contribution < 1.29 is 29.1 Å². The van der Waals surface area contributed by atoms with Crippen molar-refractivity contribution in [2.24, 2.45) is 17.8 Å². The van der Waals surface area contributed by atoms with Crippen LogP contribution in [0.1, 0.15) is 73.1 Å². The predicted molar refractivity (Wildman–Crippen MR) is 123 cm³/mol. The number of nitrogens with one attached hydrogen (secondary N) is 3. The molecule has 1 rings (SSSR count). The van der Waals surface area contributed by atoms with Gasteiger partial charge in [-0.3, -0.25) is 19.6 Å². The second kappa shape index (κ2) is 13.4. The molecule has 2 unspecified atom stereocenters. The molecule has 0 saturated carbocycles. The van der Waals surface area contributed by atoms with Crippen LogP contribution in [0.15, 0.2) is 0 Å². The second-order valence-corrected chi connectivity index (χ2v) is 10.1. The summed E-state index contributed by atoms with van der Waals surface area (Å²) in [6.07, 6.45) is 2.39. The van der Waals surface area contributed by atoms with Gasteiger partial charge in [0.1, 0.15) is 11.6 Å². The third-order valence-corrected chi connectivity index (χ3v) is 5.64. The van der Waals surface area contributed by atoms with Gasteiger partial charge in [0.25, 0.3) is 0 Å². The molecule has 1 aliphatic rings. The maximum Gasteiger partial charge on any atom is 0.410 e. The summed E-state index contributed by atoms with van der Waals surface area (Å²) in [6, 6.07) is -0.745. The zero-order valence-electron chi connectivity index (χ0n) is 20.9. The number of carbonyl (C=O) groups excluding carboxylic acids is 4. The van der Waals surface area contributed by atoms with Crippen LogP contribution in [0.3, 0.4) is 0 Å². The van der Waals surface area contributed by atoms with Gasteiger partial charge < -0.3 is 20.3 Å². The fourth-order valence-electron chi connectivity index (χ4n) is 4.06. The van der Waals surface area contributed by atoms with Crippen molar-refractivity contribution >= 4 is 23.8 Å². The molecule has 10 heteroatoms. The molecule has 0 aromatic heterocycles. The first-order valence-electron chi connectivity index (χ1n) is 11.8. The van der Waals surface area contributed by atoms with Crippen molar-refractivity contribution in [2.75, 3.05) is 20.1 Å². The summed E-state index contributed by atoms with van der Waals surface area (Å²) >= 11 is 0. The van der Waals surface area contributed by atoms with Crippen LogP contribution in [0.25, 0.3) is 0 Å². The fourth-order valence-corrected chi connectivity index (χ4v) is 4.06. The molecule has 33 heavy (non-hydrogen) atoms. The average molecular weight is 471 g/mol. The summed E-state index contributed by atoms with van der Waals surface area (Å²) in [7, 11) is 1.51. The van der Waals surface area contributed by atoms with Gasteiger partial charge in [-0.25, -0.2) is 10.3 Å². The molecule has 0 spiro atoms. The van der Waals surface area contributed by atoms with E-state index in [9.17, 15) is 24.4 Å². The Morgan fingerprint density at radius 3 is 2.30 bits per heavy atom. The molecule has 1 heterocycles. The first-order valence-corrected chi connectivity index (χ1v) is 11.8. The highest BCUT2D eigenvalue weighted by atomic mass is 16.6. The molecule has 1 fully saturated rings. The van der Waals surface area contributed by atoms with Crippen LogP contribution in [0.4, 0.5) is 4.79 Å². The van der Waals surface area contributed by atoms with Crippen molar-refractivity contribution in [3.63, 3.8) is 0 Å². The minimum atomic E-state index is -0.802. The standard InChI is InChI=1S/C23H42N4O6/c1-15(2)14-17-16(20(29)26-32)10-9-13-27(22(31)33-23(3,4)5)12-8-7-11-18(21(30)24-6)25-19(17)28/h15-18,32H,7-14H2,1-6H3,(H,24,30)(H,25,28)(H,26,29)/t16-,17?,18?/m0/s1. The molecule has 1 saturated heterocycles. The van der Waals surface area contributed by atoms with Crippen LogP contribution in [-0.2, 0) is 19.1 Å². The summed E-state index contributed by atoms with van der Waals surface area (Å²) in [4.78, 5) is 52.5. The largest absolute Gasteiger partial charge is 0.444 e. The van der Waals surface area contributed by atoms with E-state index in [1.165, 1.54) is 7.05 Å². The Kier molecular flexibility index (Phi) is 11.6. The first kappa shape index (κ1) is 28.7. The van der Waals surface area contributed by atoms with Gasteiger partial charge in [-0.1, -0.05) is 13.8 Å². The van der Waals surface area contributed by atoms with E-state index in [0.29, 0.717) is 51.6 Å². The summed E-state index contributed by atoms with van der Waals surface area (Å²) < 4.78 is 5.53. The number of hydroxylamine groups is 1. The molecule has 3 atom stereocenters. The smallest absolute Gasteiger partial charge is 0.410 e. The maximum atomic E-state index is 13.2. The van der Waals surface area contributed by atoms with Gasteiger partial charge in [-0.2, -0.15) is 0 Å². The lowest BCUT2D eigenvalue weighted by molar-refractivity contribution is -0.142. The highest BCUT2D eigenvalue weighted by Gasteiger charge is 2.36. The van der Waals surface area contributed by atoms with E-state index < -0.39 is 35.5 Å². The van der Waals surface area contributed by atoms with Crippen molar-refractivity contribution in [3.8, 4) is 0 Å². The zero-order chi connectivity index (χ0) is 25.2. The van der Waals surface area contributed by atoms with Crippen LogP contribution in [0.2, 0.25) is 0 Å². The van der Waals surface area contributed by atoms with Gasteiger partial charge in [-0.15, -0.1) is 0 Å². The predicted octanol–water partition coefficient (Wildman–Crippen LogP) is 2.20. The highest BCUT2D eigenvalue weighted by molar-refractivity contribution is 5.91. The van der Waals surface area contributed by atoms with Crippen LogP contribution in [0, 0.1) is 17.8 Å². The van der Waals surface area contributed by atoms with E-state index in [0.717, 1.165) is 0 Å². The number of rotatable bonds is 4. The normalized spacial score (nSPS) is 23.5. The minimum absolute atomic E-state index is 0.113. The lowest BCUT2D eigenvalue weighted by atomic mass is 9.81. The molecule has 0 aliphatic carbocycles. The summed E-state index contributed by atoms with van der Waals surface area (Å²) in [5.41, 5.74) is 1.05. The number of amides is 4. The van der Waals surface area contributed by atoms with E-state index in [-0.39, 0.29) is 17.7 Å². The molecule has 0 bridgehead atoms. The van der Waals surface area contributed by atoms with E-state index in [2.05, 4.69) is 10.6 Å². The Morgan fingerprint density at radius 2 is 1.76 bits per heavy atom. The number of hydrogen-bond donors (Lipinski definition) is 4. The monoisotopic (exact) mass is 470 g/mol. The third-order valence-electron chi connectivity index (χ3n) is 5.64. The molecule has 10 nitrogen and oxygen atoms in total. The average Bonchev–Trinajstić information content (AvgIpc) is 2.73. The van der Waals surface area contributed by atoms with E-state index >= 15 is 0 Å². The van der Waals surface area contributed by atoms with E-state index in [4.69, 9.17) is 4.74 Å². The van der Waals surface area contributed by atoms with E-state index in [1.54, 1.807) is 31.2 Å². The Labute approximate surface area is 197 Å². The Hall–Kier alpha value is -2.36. The van der Waals surface area contributed by atoms with Crippen molar-refractivity contribution in [3.05, 3.63) is 0 Å². The van der Waals surface area contributed by atoms with Gasteiger partial charge in [-0.05, 0) is 65.2 Å². The fraction of sp³-hybridized carbons (Fsp3) is 0.826. The number of likely N-dealkylation sites (N-methyl/N-ethyl adjacent to an activating group) is 1. The topological polar surface area (TPSA) is 137 Å². The van der Waals surface area contributed by atoms with Crippen molar-refractivity contribution in [2.45, 2.75) is 84.8 Å². The molecule has 1 aliphatic heterocycles. The number of carbonyl (C=O) groups is 4. The minimum Gasteiger partial charge on any atom is -0.444 e. The van der Waals surface area contributed by atoms with Crippen molar-refractivity contribution in [1.82, 2.24) is 21.0 Å². The van der Waals surface area contributed by atoms with Crippen LogP contribution in [0.5, 0.6) is 0 Å². The summed E-state index contributed by atoms with van der Waals surface area (Å²) in [5.74, 6) is -2.75. The summed E-state index contributed by atoms with van der Waals surface area (Å²) in [5, 5.41) is 14.7. The van der Waals surface area contributed by atoms with Crippen LogP contribution < -0.4 is 16.1 Å². The Bertz CT molecular complexity index is 676. The van der Waals surface area contributed by atoms with E-state index in [1.807, 2.05) is 13.8 Å². The zero-order valence-corrected chi connectivity index (χ0v) is 20.9. The molecule has 4 amide bonds. The van der Waals surface area contributed by atoms with Gasteiger partial charge >= 0.3 is 6.09 Å². The Morgan fingerprint density at radius 1 is 1.12 bits per heavy atom. The summed E-state index contributed by atoms with van der Waals surface area (Å²) in [6.45, 7) is 10.1. The third kappa shape index (κ3) is 9.98. The highest BCUT2D eigenvalue weighted by Crippen LogP contribution is 2.27. The molecule has 0 aromatic carbocycles. The quantitative estimate of drug-likeness (QED) is 0.367. The van der Waals surface area contributed by atoms with Gasteiger partial charge in [0.2, 0.25) is 17.7 Å². The SMILES string of the molecule is CNC(=O)C1CCCCN(C(=O)OC(C)(C)C)CCC[C@H](C(=O)NO)C(CC(C)C)C(=O)N1. The van der Waals surface area contributed by atoms with Crippen LogP contribution in [-0.4, -0.2) is 65.7 Å². The Balaban J connectivity index is 3.23. The molecular formula is C23H42N4O6. The number of hydrogen-bond acceptors (Lipinski definition) is 6.